The number of esters is 1. The van der Waals surface area contributed by atoms with Crippen LogP contribution in [-0.4, -0.2) is 46.8 Å². The highest BCUT2D eigenvalue weighted by Gasteiger charge is 2.36. The van der Waals surface area contributed by atoms with Crippen LogP contribution in [0.25, 0.3) is 11.7 Å². The van der Waals surface area contributed by atoms with E-state index in [-0.39, 0.29) is 24.6 Å². The second-order valence-electron chi connectivity index (χ2n) is 7.35. The molecule has 2 N–H and O–H groups in total. The fourth-order valence-electron chi connectivity index (χ4n) is 3.62. The van der Waals surface area contributed by atoms with Crippen molar-refractivity contribution < 1.29 is 27.6 Å². The zero-order chi connectivity index (χ0) is 23.2. The molecule has 1 atom stereocenters. The Morgan fingerprint density at radius 1 is 1.15 bits per heavy atom. The number of aromatic nitrogens is 2. The van der Waals surface area contributed by atoms with Crippen molar-refractivity contribution in [2.45, 2.75) is 32.9 Å². The van der Waals surface area contributed by atoms with Crippen molar-refractivity contribution in [2.24, 2.45) is 0 Å². The van der Waals surface area contributed by atoms with Gasteiger partial charge in [0.2, 0.25) is 5.89 Å². The summed E-state index contributed by atoms with van der Waals surface area (Å²) in [6, 6.07) is 5.67. The van der Waals surface area contributed by atoms with E-state index in [1.165, 1.54) is 12.5 Å². The summed E-state index contributed by atoms with van der Waals surface area (Å²) in [5, 5.41) is 13.6. The second-order valence-corrected chi connectivity index (χ2v) is 7.35. The average molecular weight is 455 g/mol. The maximum Gasteiger partial charge on any atom is 0.338 e. The highest BCUT2D eigenvalue weighted by atomic mass is 16.5. The first-order valence-corrected chi connectivity index (χ1v) is 10.7. The van der Waals surface area contributed by atoms with Crippen LogP contribution in [0.5, 0.6) is 0 Å². The number of hydrogen-bond donors (Lipinski definition) is 2. The van der Waals surface area contributed by atoms with Crippen molar-refractivity contribution in [2.75, 3.05) is 19.7 Å². The number of furan rings is 2. The lowest BCUT2D eigenvalue weighted by Crippen LogP contribution is -2.48. The molecular weight excluding hydrogens is 430 g/mol. The molecule has 0 aromatic carbocycles. The molecule has 0 bridgehead atoms. The lowest BCUT2D eigenvalue weighted by molar-refractivity contribution is -0.139. The first kappa shape index (κ1) is 22.3. The van der Waals surface area contributed by atoms with Crippen molar-refractivity contribution in [3.05, 3.63) is 59.7 Å². The van der Waals surface area contributed by atoms with Crippen LogP contribution in [0.15, 0.2) is 61.3 Å². The first-order valence-electron chi connectivity index (χ1n) is 10.7. The fourth-order valence-corrected chi connectivity index (χ4v) is 3.62. The number of nitrogens with zero attached hydrogens (tertiary/aromatic N) is 3. The van der Waals surface area contributed by atoms with Crippen LogP contribution in [0.1, 0.15) is 38.0 Å². The summed E-state index contributed by atoms with van der Waals surface area (Å²) in [5.74, 6) is 1.06. The fraction of sp³-hybridized carbons (Fsp3) is 0.364. The number of amides is 2. The monoisotopic (exact) mass is 455 g/mol. The summed E-state index contributed by atoms with van der Waals surface area (Å²) in [4.78, 5) is 27.3. The number of hydrogen-bond acceptors (Lipinski definition) is 9. The molecule has 0 spiro atoms. The Bertz CT molecular complexity index is 1100. The van der Waals surface area contributed by atoms with Crippen LogP contribution in [-0.2, 0) is 16.1 Å². The van der Waals surface area contributed by atoms with Gasteiger partial charge in [-0.05, 0) is 44.2 Å². The molecule has 4 rings (SSSR count). The van der Waals surface area contributed by atoms with Gasteiger partial charge in [-0.3, -0.25) is 4.90 Å². The SMILES string of the molecule is CCCN(CC1=C(C(=O)OCC)C(c2ccco2)NC(=O)N1)Cc1nnc(-c2ccco2)o1. The van der Waals surface area contributed by atoms with Gasteiger partial charge in [0, 0.05) is 12.2 Å². The highest BCUT2D eigenvalue weighted by molar-refractivity contribution is 5.95. The first-order chi connectivity index (χ1) is 16.1. The Kier molecular flexibility index (Phi) is 6.89. The number of carbonyl (C=O) groups excluding carboxylic acids is 2. The maximum absolute atomic E-state index is 12.9. The molecule has 1 aliphatic heterocycles. The summed E-state index contributed by atoms with van der Waals surface area (Å²) in [7, 11) is 0. The Hall–Kier alpha value is -3.86. The Balaban J connectivity index is 1.61. The minimum Gasteiger partial charge on any atom is -0.467 e. The van der Waals surface area contributed by atoms with E-state index in [0.29, 0.717) is 36.2 Å². The van der Waals surface area contributed by atoms with E-state index < -0.39 is 18.0 Å². The van der Waals surface area contributed by atoms with Crippen LogP contribution in [0.3, 0.4) is 0 Å². The molecule has 2 amide bonds. The molecule has 0 aliphatic carbocycles. The standard InChI is InChI=1S/C22H25N5O6/c1-3-9-27(13-17-25-26-20(33-17)16-8-6-11-32-16)12-14-18(21(28)30-4-2)19(24-22(29)23-14)15-7-5-10-31-15/h5-8,10-11,19H,3-4,9,12-13H2,1-2H3,(H2,23,24,29). The number of carbonyl (C=O) groups is 2. The molecule has 1 unspecified atom stereocenters. The van der Waals surface area contributed by atoms with Crippen LogP contribution < -0.4 is 10.6 Å². The largest absolute Gasteiger partial charge is 0.467 e. The number of urea groups is 1. The summed E-state index contributed by atoms with van der Waals surface area (Å²) in [5.41, 5.74) is 0.715. The molecule has 33 heavy (non-hydrogen) atoms. The van der Waals surface area contributed by atoms with Crippen LogP contribution in [0, 0.1) is 0 Å². The summed E-state index contributed by atoms with van der Waals surface area (Å²) in [6.07, 6.45) is 3.85. The van der Waals surface area contributed by atoms with Crippen LogP contribution >= 0.6 is 0 Å². The summed E-state index contributed by atoms with van der Waals surface area (Å²) in [6.45, 7) is 5.19. The van der Waals surface area contributed by atoms with Crippen LogP contribution in [0.4, 0.5) is 4.79 Å². The normalized spacial score (nSPS) is 16.1. The Morgan fingerprint density at radius 3 is 2.67 bits per heavy atom. The third-order valence-electron chi connectivity index (χ3n) is 4.96. The number of nitrogens with one attached hydrogen (secondary N) is 2. The van der Waals surface area contributed by atoms with Gasteiger partial charge in [0.05, 0.1) is 31.3 Å². The van der Waals surface area contributed by atoms with E-state index in [2.05, 4.69) is 20.8 Å². The molecule has 1 aliphatic rings. The minimum atomic E-state index is -0.764. The van der Waals surface area contributed by atoms with Gasteiger partial charge < -0.3 is 28.6 Å². The third-order valence-corrected chi connectivity index (χ3v) is 4.96. The molecule has 11 nitrogen and oxygen atoms in total. The second kappa shape index (κ2) is 10.2. The van der Waals surface area contributed by atoms with Crippen LogP contribution in [0.2, 0.25) is 0 Å². The van der Waals surface area contributed by atoms with Gasteiger partial charge in [-0.2, -0.15) is 0 Å². The van der Waals surface area contributed by atoms with E-state index in [9.17, 15) is 9.59 Å². The van der Waals surface area contributed by atoms with Gasteiger partial charge in [-0.25, -0.2) is 9.59 Å². The molecule has 0 saturated heterocycles. The van der Waals surface area contributed by atoms with Crippen molar-refractivity contribution in [3.63, 3.8) is 0 Å². The smallest absolute Gasteiger partial charge is 0.338 e. The highest BCUT2D eigenvalue weighted by Crippen LogP contribution is 2.29. The Labute approximate surface area is 189 Å². The number of rotatable bonds is 10. The molecule has 3 aromatic heterocycles. The van der Waals surface area contributed by atoms with Crippen molar-refractivity contribution in [1.82, 2.24) is 25.7 Å². The predicted molar refractivity (Wildman–Crippen MR) is 114 cm³/mol. The zero-order valence-electron chi connectivity index (χ0n) is 18.4. The molecule has 0 fully saturated rings. The van der Waals surface area contributed by atoms with Gasteiger partial charge >= 0.3 is 12.0 Å². The van der Waals surface area contributed by atoms with Gasteiger partial charge in [0.1, 0.15) is 11.8 Å². The predicted octanol–water partition coefficient (Wildman–Crippen LogP) is 3.01. The number of ether oxygens (including phenoxy) is 1. The van der Waals surface area contributed by atoms with E-state index in [1.54, 1.807) is 31.2 Å². The molecular formula is C22H25N5O6. The quantitative estimate of drug-likeness (QED) is 0.442. The van der Waals surface area contributed by atoms with Crippen molar-refractivity contribution in [1.29, 1.82) is 0 Å². The van der Waals surface area contributed by atoms with Gasteiger partial charge in [-0.1, -0.05) is 6.92 Å². The Morgan fingerprint density at radius 2 is 1.97 bits per heavy atom. The molecule has 4 heterocycles. The van der Waals surface area contributed by atoms with Gasteiger partial charge in [0.15, 0.2) is 5.76 Å². The molecule has 0 radical (unpaired) electrons. The summed E-state index contributed by atoms with van der Waals surface area (Å²) < 4.78 is 21.8. The summed E-state index contributed by atoms with van der Waals surface area (Å²) >= 11 is 0. The molecule has 11 heteroatoms. The molecule has 3 aromatic rings. The van der Waals surface area contributed by atoms with E-state index in [0.717, 1.165) is 6.42 Å². The van der Waals surface area contributed by atoms with E-state index >= 15 is 0 Å². The minimum absolute atomic E-state index is 0.199. The lowest BCUT2D eigenvalue weighted by atomic mass is 9.99. The maximum atomic E-state index is 12.9. The van der Waals surface area contributed by atoms with E-state index in [4.69, 9.17) is 18.0 Å². The average Bonchev–Trinajstić information content (AvgIpc) is 3.55. The van der Waals surface area contributed by atoms with E-state index in [1.807, 2.05) is 11.8 Å². The molecule has 174 valence electrons. The van der Waals surface area contributed by atoms with Crippen molar-refractivity contribution >= 4 is 12.0 Å². The molecule has 0 saturated carbocycles. The topological polar surface area (TPSA) is 136 Å². The zero-order valence-corrected chi connectivity index (χ0v) is 18.4. The van der Waals surface area contributed by atoms with Gasteiger partial charge in [0.25, 0.3) is 5.89 Å². The van der Waals surface area contributed by atoms with Crippen molar-refractivity contribution in [3.8, 4) is 11.7 Å². The van der Waals surface area contributed by atoms with Gasteiger partial charge in [-0.15, -0.1) is 10.2 Å². The third kappa shape index (κ3) is 5.14. The lowest BCUT2D eigenvalue weighted by Gasteiger charge is -2.30.